The number of alkyl halides is 18. The Bertz CT molecular complexity index is 3110. The van der Waals surface area contributed by atoms with E-state index >= 15 is 0 Å². The molecule has 4 fully saturated rings. The van der Waals surface area contributed by atoms with Crippen molar-refractivity contribution in [1.29, 1.82) is 0 Å². The van der Waals surface area contributed by atoms with Gasteiger partial charge in [-0.05, 0) is 288 Å². The van der Waals surface area contributed by atoms with Gasteiger partial charge in [-0.1, -0.05) is 69.2 Å². The monoisotopic (exact) mass is 1770 g/mol. The van der Waals surface area contributed by atoms with Crippen molar-refractivity contribution in [2.75, 3.05) is 152 Å². The van der Waals surface area contributed by atoms with Crippen LogP contribution in [0.4, 0.5) is 79.0 Å². The number of hydrogen-bond acceptors (Lipinski definition) is 16. The van der Waals surface area contributed by atoms with Crippen molar-refractivity contribution in [2.45, 2.75) is 246 Å². The van der Waals surface area contributed by atoms with E-state index in [0.29, 0.717) is 73.4 Å². The van der Waals surface area contributed by atoms with E-state index in [1.807, 2.05) is 43.2 Å². The number of halogens is 18. The number of hydrogen-bond donors (Lipinski definition) is 0. The maximum Gasteiger partial charge on any atom is 0.435 e. The first-order chi connectivity index (χ1) is 54.5. The molecule has 6 aliphatic carbocycles. The molecule has 6 aliphatic rings. The van der Waals surface area contributed by atoms with Crippen LogP contribution in [0.5, 0.6) is 11.5 Å². The normalized spacial score (nSPS) is 24.1. The van der Waals surface area contributed by atoms with Crippen LogP contribution < -0.4 is 9.47 Å². The molecule has 8 rings (SSSR count). The van der Waals surface area contributed by atoms with Crippen LogP contribution in [0, 0.1) is 46.3 Å². The van der Waals surface area contributed by atoms with Crippen LogP contribution in [0.2, 0.25) is 0 Å². The minimum absolute atomic E-state index is 0.0559. The fourth-order valence-electron chi connectivity index (χ4n) is 19.0. The van der Waals surface area contributed by atoms with Crippen LogP contribution >= 0.6 is 43.2 Å². The Hall–Kier alpha value is -2.22. The molecule has 0 aromatic heterocycles. The number of methoxy groups -OCH3 is 4. The van der Waals surface area contributed by atoms with E-state index in [1.54, 1.807) is 28.4 Å². The van der Waals surface area contributed by atoms with Gasteiger partial charge < -0.3 is 57.2 Å². The Balaban J connectivity index is 0.000000321. The highest BCUT2D eigenvalue weighted by Crippen LogP contribution is 2.64. The lowest BCUT2D eigenvalue weighted by Crippen LogP contribution is -2.67. The van der Waals surface area contributed by atoms with Crippen molar-refractivity contribution in [3.8, 4) is 11.5 Å². The van der Waals surface area contributed by atoms with Crippen LogP contribution in [0.15, 0.2) is 36.4 Å². The van der Waals surface area contributed by atoms with Crippen molar-refractivity contribution >= 4 is 43.2 Å². The quantitative estimate of drug-likeness (QED) is 0.0357. The second-order valence-corrected chi connectivity index (χ2v) is 39.4. The number of ether oxygens (including phenoxy) is 10. The average Bonchev–Trinajstić information content (AvgIpc) is 1.47. The molecule has 12 nitrogen and oxygen atoms in total. The molecule has 0 radical (unpaired) electrons. The van der Waals surface area contributed by atoms with E-state index in [1.165, 1.54) is 22.3 Å². The summed E-state index contributed by atoms with van der Waals surface area (Å²) in [5.74, 6) is 8.00. The van der Waals surface area contributed by atoms with Gasteiger partial charge in [0.1, 0.15) is 11.5 Å². The Morgan fingerprint density at radius 2 is 0.784 bits per heavy atom. The molecule has 116 heavy (non-hydrogen) atoms. The van der Waals surface area contributed by atoms with Crippen LogP contribution in [0.25, 0.3) is 0 Å². The zero-order chi connectivity index (χ0) is 85.6. The van der Waals surface area contributed by atoms with Crippen LogP contribution in [0.3, 0.4) is 0 Å². The summed E-state index contributed by atoms with van der Waals surface area (Å²) in [6, 6.07) is 12.8. The second-order valence-electron chi connectivity index (χ2n) is 33.5. The van der Waals surface area contributed by atoms with Crippen molar-refractivity contribution in [1.82, 2.24) is 9.80 Å². The van der Waals surface area contributed by atoms with Gasteiger partial charge in [0.25, 0.3) is 0 Å². The maximum absolute atomic E-state index is 13.2. The van der Waals surface area contributed by atoms with E-state index in [-0.39, 0.29) is 41.0 Å². The molecule has 0 bridgehead atoms. The second kappa shape index (κ2) is 45.1. The topological polar surface area (TPSA) is 98.8 Å². The lowest BCUT2D eigenvalue weighted by Gasteiger charge is -2.50. The summed E-state index contributed by atoms with van der Waals surface area (Å²) < 4.78 is 290. The first kappa shape index (κ1) is 101. The molecule has 34 heteroatoms. The smallest absolute Gasteiger partial charge is 0.435 e. The Morgan fingerprint density at radius 3 is 1.16 bits per heavy atom. The van der Waals surface area contributed by atoms with E-state index in [2.05, 4.69) is 97.5 Å². The number of rotatable bonds is 48. The molecule has 0 aliphatic heterocycles. The Labute approximate surface area is 690 Å². The summed E-state index contributed by atoms with van der Waals surface area (Å²) in [4.78, 5) is 4.79. The van der Waals surface area contributed by atoms with E-state index in [9.17, 15) is 79.0 Å². The van der Waals surface area contributed by atoms with E-state index in [0.717, 1.165) is 197 Å². The summed E-state index contributed by atoms with van der Waals surface area (Å²) >= 11 is 0. The minimum atomic E-state index is -6.74. The van der Waals surface area contributed by atoms with Gasteiger partial charge in [0.05, 0.1) is 65.1 Å². The molecule has 0 saturated heterocycles. The van der Waals surface area contributed by atoms with E-state index < -0.39 is 74.3 Å². The fourth-order valence-corrected chi connectivity index (χ4v) is 23.7. The van der Waals surface area contributed by atoms with Gasteiger partial charge in [-0.3, -0.25) is 0 Å². The average molecular weight is 1770 g/mol. The molecule has 10 atom stereocenters. The third-order valence-corrected chi connectivity index (χ3v) is 30.9. The lowest BCUT2D eigenvalue weighted by atomic mass is 9.55. The van der Waals surface area contributed by atoms with Crippen molar-refractivity contribution < 1.29 is 126 Å². The lowest BCUT2D eigenvalue weighted by molar-refractivity contribution is -0.458. The number of fused-ring (bicyclic) bond motifs is 10. The van der Waals surface area contributed by atoms with Crippen LogP contribution in [-0.4, -0.2) is 227 Å². The zero-order valence-corrected chi connectivity index (χ0v) is 72.0. The molecule has 672 valence electrons. The van der Waals surface area contributed by atoms with Gasteiger partial charge in [-0.25, -0.2) is 0 Å². The van der Waals surface area contributed by atoms with E-state index in [4.69, 9.17) is 37.9 Å². The van der Waals surface area contributed by atoms with Gasteiger partial charge in [-0.15, -0.1) is 0 Å². The van der Waals surface area contributed by atoms with Gasteiger partial charge in [0.15, 0.2) is 0 Å². The van der Waals surface area contributed by atoms with Gasteiger partial charge in [-0.2, -0.15) is 79.0 Å². The van der Waals surface area contributed by atoms with Gasteiger partial charge in [0, 0.05) is 75.5 Å². The van der Waals surface area contributed by atoms with Gasteiger partial charge in [0.2, 0.25) is 0 Å². The first-order valence-corrected chi connectivity index (χ1v) is 45.6. The zero-order valence-electron chi connectivity index (χ0n) is 68.7. The number of nitrogens with zero attached hydrogens (tertiary/aromatic N) is 2. The molecule has 2 aromatic rings. The molecule has 10 unspecified atom stereocenters. The summed E-state index contributed by atoms with van der Waals surface area (Å²) in [6.07, 6.45) is -23.2. The fraction of sp³-hybridized carbons (Fsp3) is 0.854. The van der Waals surface area contributed by atoms with Crippen molar-refractivity contribution in [3.63, 3.8) is 0 Å². The summed E-state index contributed by atoms with van der Waals surface area (Å²) in [5.41, 5.74) is -7.75. The molecule has 0 heterocycles. The largest absolute Gasteiger partial charge is 0.494 e. The van der Waals surface area contributed by atoms with Crippen molar-refractivity contribution in [2.24, 2.45) is 46.3 Å². The molecule has 0 amide bonds. The third-order valence-electron chi connectivity index (χ3n) is 24.9. The van der Waals surface area contributed by atoms with Crippen LogP contribution in [-0.2, 0) is 50.7 Å². The molecular weight excluding hydrogens is 1640 g/mol. The molecule has 4 saturated carbocycles. The number of benzene rings is 2. The Kier molecular flexibility index (Phi) is 39.2. The highest BCUT2D eigenvalue weighted by atomic mass is 33.1. The molecule has 2 aromatic carbocycles. The predicted molar refractivity (Wildman–Crippen MR) is 421 cm³/mol. The molecule has 0 spiro atoms. The minimum Gasteiger partial charge on any atom is -0.494 e. The van der Waals surface area contributed by atoms with Crippen LogP contribution in [0.1, 0.15) is 190 Å². The maximum atomic E-state index is 13.2. The van der Waals surface area contributed by atoms with Gasteiger partial charge >= 0.3 is 48.3 Å². The summed E-state index contributed by atoms with van der Waals surface area (Å²) in [5, 5.41) is 0. The third kappa shape index (κ3) is 26.4. The summed E-state index contributed by atoms with van der Waals surface area (Å²) in [6.45, 7) is 13.8. The Morgan fingerprint density at radius 1 is 0.422 bits per heavy atom. The summed E-state index contributed by atoms with van der Waals surface area (Å²) in [7, 11) is 18.9. The first-order valence-electron chi connectivity index (χ1n) is 40.8. The molecular formula is C82H124F18N2O10S4. The molecule has 0 N–H and O–H groups in total. The van der Waals surface area contributed by atoms with Crippen molar-refractivity contribution in [3.05, 3.63) is 58.7 Å². The highest BCUT2D eigenvalue weighted by Gasteiger charge is 2.86. The standard InChI is InChI=1S/C42H64F9NO5S2.C40H60F9NO5S2/c1-37(2,59-58-25-8-21-52(4)20-7-10-29(27-53-5)28-54-6)19-24-55-31-12-14-32-30(26-31)11-13-34-33(32)17-18-38(3)35(34)15-16-36(38)56-22-9-23-57-39(40(43,44)45,41(46,47)48)42(49,50)51;1-36-17-16-32-31-13-11-30(53-21-8-24-57-56-23-6-19-50(2)18-5-9-28(26-51-3)27-52-4)25-29(31)10-12-33(32)34(36)14-15-35(36)54-20-7-22-55-37(38(41,42)43,39(44,45)46)40(47,48)49/h12,14,26,29,33-36H,7-11,13,15-25,27-28H2,1-6H3;11,13,25,28,32-35H,5-10,12,14-24,26-27H2,1-4H3. The highest BCUT2D eigenvalue weighted by molar-refractivity contribution is 8.77. The number of aryl methyl sites for hydroxylation is 2. The predicted octanol–water partition coefficient (Wildman–Crippen LogP) is 22.6. The SMILES string of the molecule is COCC(CCCN(C)CCCSSC(C)(C)CCOc1ccc2c(c1)CCC1C2CCC2(C)C(OCCCOC(C(F)(F)F)(C(F)(F)F)C(F)(F)F)CCC12)COC.COCC(CCCN(C)CCCSSCCCOc1ccc2c(c1)CCC1C2CCC2(C)C(OCCCOC(C(F)(F)F)(C(F)(F)F)C(F)(F)F)CCC12)COC.